The Morgan fingerprint density at radius 1 is 1.39 bits per heavy atom. The van der Waals surface area contributed by atoms with E-state index in [0.717, 1.165) is 42.9 Å². The highest BCUT2D eigenvalue weighted by atomic mass is 16.2. The van der Waals surface area contributed by atoms with Crippen molar-refractivity contribution < 1.29 is 5.11 Å². The molecule has 124 valence electrons. The van der Waals surface area contributed by atoms with Gasteiger partial charge >= 0.3 is 0 Å². The van der Waals surface area contributed by atoms with Crippen LogP contribution >= 0.6 is 0 Å². The number of aromatic nitrogens is 3. The van der Waals surface area contributed by atoms with E-state index < -0.39 is 0 Å². The van der Waals surface area contributed by atoms with Gasteiger partial charge in [0.25, 0.3) is 5.56 Å². The lowest BCUT2D eigenvalue weighted by molar-refractivity contribution is 0.275. The van der Waals surface area contributed by atoms with Gasteiger partial charge in [0.1, 0.15) is 11.6 Å². The standard InChI is InChI=1S/C17H24N4O2/c1-3-14-9-16(23)21-17(20-14)13-6-7-15(19-11-13)18-10-12(2)5-4-8-22/h6-7,9,11-12,22H,3-5,8,10H2,1-2H3,(H,18,19)(H,20,21,23). The molecule has 2 aromatic rings. The number of nitrogens with zero attached hydrogens (tertiary/aromatic N) is 2. The highest BCUT2D eigenvalue weighted by Gasteiger charge is 2.05. The highest BCUT2D eigenvalue weighted by molar-refractivity contribution is 5.55. The van der Waals surface area contributed by atoms with Crippen LogP contribution in [0.25, 0.3) is 11.4 Å². The van der Waals surface area contributed by atoms with Gasteiger partial charge in [-0.25, -0.2) is 9.97 Å². The summed E-state index contributed by atoms with van der Waals surface area (Å²) in [6.45, 7) is 5.16. The van der Waals surface area contributed by atoms with Crippen LogP contribution in [0.1, 0.15) is 32.4 Å². The van der Waals surface area contributed by atoms with Gasteiger partial charge in [0.05, 0.1) is 0 Å². The molecule has 0 aliphatic carbocycles. The van der Waals surface area contributed by atoms with Crippen molar-refractivity contribution in [3.63, 3.8) is 0 Å². The van der Waals surface area contributed by atoms with Crippen LogP contribution in [0.2, 0.25) is 0 Å². The van der Waals surface area contributed by atoms with Gasteiger partial charge in [-0.05, 0) is 37.3 Å². The second-order valence-corrected chi connectivity index (χ2v) is 5.72. The van der Waals surface area contributed by atoms with Gasteiger partial charge in [0, 0.05) is 36.7 Å². The fourth-order valence-electron chi connectivity index (χ4n) is 2.28. The third-order valence-electron chi connectivity index (χ3n) is 3.68. The van der Waals surface area contributed by atoms with Gasteiger partial charge in [-0.2, -0.15) is 0 Å². The fraction of sp³-hybridized carbons (Fsp3) is 0.471. The summed E-state index contributed by atoms with van der Waals surface area (Å²) in [5, 5.41) is 12.1. The first-order chi connectivity index (χ1) is 11.1. The predicted molar refractivity (Wildman–Crippen MR) is 91.4 cm³/mol. The Kier molecular flexibility index (Phi) is 6.29. The molecule has 2 aromatic heterocycles. The zero-order chi connectivity index (χ0) is 16.7. The Hall–Kier alpha value is -2.21. The molecule has 0 bridgehead atoms. The largest absolute Gasteiger partial charge is 0.396 e. The molecule has 1 unspecified atom stereocenters. The summed E-state index contributed by atoms with van der Waals surface area (Å²) in [5.74, 6) is 1.81. The number of aromatic amines is 1. The maximum atomic E-state index is 11.6. The topological polar surface area (TPSA) is 90.9 Å². The number of pyridine rings is 1. The molecule has 3 N–H and O–H groups in total. The van der Waals surface area contributed by atoms with E-state index in [2.05, 4.69) is 27.2 Å². The Bertz CT molecular complexity index is 667. The molecule has 0 radical (unpaired) electrons. The van der Waals surface area contributed by atoms with Crippen molar-refractivity contribution in [3.8, 4) is 11.4 Å². The van der Waals surface area contributed by atoms with Gasteiger partial charge in [-0.15, -0.1) is 0 Å². The van der Waals surface area contributed by atoms with Crippen LogP contribution in [0.15, 0.2) is 29.2 Å². The van der Waals surface area contributed by atoms with Gasteiger partial charge < -0.3 is 15.4 Å². The van der Waals surface area contributed by atoms with Crippen LogP contribution in [0.3, 0.4) is 0 Å². The Morgan fingerprint density at radius 3 is 2.87 bits per heavy atom. The lowest BCUT2D eigenvalue weighted by Crippen LogP contribution is -2.13. The summed E-state index contributed by atoms with van der Waals surface area (Å²) in [6.07, 6.45) is 4.23. The molecule has 6 heteroatoms. The van der Waals surface area contributed by atoms with Crippen molar-refractivity contribution >= 4 is 5.82 Å². The quantitative estimate of drug-likeness (QED) is 0.694. The minimum absolute atomic E-state index is 0.147. The van der Waals surface area contributed by atoms with Crippen molar-refractivity contribution in [2.24, 2.45) is 5.92 Å². The summed E-state index contributed by atoms with van der Waals surface area (Å²) >= 11 is 0. The molecule has 1 atom stereocenters. The average Bonchev–Trinajstić information content (AvgIpc) is 2.58. The molecule has 0 saturated carbocycles. The summed E-state index contributed by atoms with van der Waals surface area (Å²) in [7, 11) is 0. The van der Waals surface area contributed by atoms with E-state index in [-0.39, 0.29) is 12.2 Å². The van der Waals surface area contributed by atoms with E-state index in [4.69, 9.17) is 5.11 Å². The predicted octanol–water partition coefficient (Wildman–Crippen LogP) is 2.21. The van der Waals surface area contributed by atoms with Crippen LogP contribution in [-0.4, -0.2) is 33.2 Å². The molecule has 23 heavy (non-hydrogen) atoms. The van der Waals surface area contributed by atoms with Crippen LogP contribution in [-0.2, 0) is 6.42 Å². The van der Waals surface area contributed by atoms with Gasteiger partial charge in [-0.3, -0.25) is 4.79 Å². The molecular weight excluding hydrogens is 292 g/mol. The fourth-order valence-corrected chi connectivity index (χ4v) is 2.28. The van der Waals surface area contributed by atoms with Crippen molar-refractivity contribution in [2.75, 3.05) is 18.5 Å². The molecule has 2 heterocycles. The van der Waals surface area contributed by atoms with E-state index >= 15 is 0 Å². The molecule has 0 fully saturated rings. The first-order valence-electron chi connectivity index (χ1n) is 8.03. The summed E-state index contributed by atoms with van der Waals surface area (Å²) < 4.78 is 0. The number of hydrogen-bond acceptors (Lipinski definition) is 5. The molecule has 0 aliphatic rings. The number of anilines is 1. The third kappa shape index (κ3) is 5.17. The average molecular weight is 316 g/mol. The number of hydrogen-bond donors (Lipinski definition) is 3. The second kappa shape index (κ2) is 8.43. The zero-order valence-corrected chi connectivity index (χ0v) is 13.7. The lowest BCUT2D eigenvalue weighted by Gasteiger charge is -2.12. The number of nitrogens with one attached hydrogen (secondary N) is 2. The Labute approximate surface area is 136 Å². The number of aryl methyl sites for hydroxylation is 1. The molecule has 0 amide bonds. The minimum atomic E-state index is -0.147. The third-order valence-corrected chi connectivity index (χ3v) is 3.68. The first kappa shape index (κ1) is 17.1. The summed E-state index contributed by atoms with van der Waals surface area (Å²) in [5.41, 5.74) is 1.41. The monoisotopic (exact) mass is 316 g/mol. The maximum absolute atomic E-state index is 11.6. The molecule has 6 nitrogen and oxygen atoms in total. The number of aliphatic hydroxyl groups excluding tert-OH is 1. The molecule has 2 rings (SSSR count). The Balaban J connectivity index is 2.02. The maximum Gasteiger partial charge on any atom is 0.251 e. The summed E-state index contributed by atoms with van der Waals surface area (Å²) in [6, 6.07) is 5.29. The molecular formula is C17H24N4O2. The minimum Gasteiger partial charge on any atom is -0.396 e. The van der Waals surface area contributed by atoms with Crippen molar-refractivity contribution in [1.82, 2.24) is 15.0 Å². The van der Waals surface area contributed by atoms with Crippen LogP contribution in [0.4, 0.5) is 5.82 Å². The van der Waals surface area contributed by atoms with Crippen LogP contribution in [0.5, 0.6) is 0 Å². The number of H-pyrrole nitrogens is 1. The smallest absolute Gasteiger partial charge is 0.251 e. The van der Waals surface area contributed by atoms with Crippen LogP contribution in [0, 0.1) is 5.92 Å². The van der Waals surface area contributed by atoms with E-state index in [1.807, 2.05) is 19.1 Å². The second-order valence-electron chi connectivity index (χ2n) is 5.72. The van der Waals surface area contributed by atoms with Crippen molar-refractivity contribution in [3.05, 3.63) is 40.4 Å². The molecule has 0 spiro atoms. The van der Waals surface area contributed by atoms with E-state index in [0.29, 0.717) is 11.7 Å². The Morgan fingerprint density at radius 2 is 2.22 bits per heavy atom. The first-order valence-corrected chi connectivity index (χ1v) is 8.03. The van der Waals surface area contributed by atoms with Crippen molar-refractivity contribution in [2.45, 2.75) is 33.1 Å². The van der Waals surface area contributed by atoms with E-state index in [1.54, 1.807) is 6.20 Å². The zero-order valence-electron chi connectivity index (χ0n) is 13.7. The van der Waals surface area contributed by atoms with E-state index in [9.17, 15) is 4.79 Å². The normalized spacial score (nSPS) is 12.1. The number of rotatable bonds is 8. The summed E-state index contributed by atoms with van der Waals surface area (Å²) in [4.78, 5) is 23.2. The molecule has 0 aromatic carbocycles. The van der Waals surface area contributed by atoms with E-state index in [1.165, 1.54) is 6.07 Å². The lowest BCUT2D eigenvalue weighted by atomic mass is 10.1. The molecule has 0 saturated heterocycles. The highest BCUT2D eigenvalue weighted by Crippen LogP contribution is 2.15. The van der Waals surface area contributed by atoms with Gasteiger partial charge in [0.2, 0.25) is 0 Å². The number of aliphatic hydroxyl groups is 1. The van der Waals surface area contributed by atoms with Gasteiger partial charge in [-0.1, -0.05) is 13.8 Å². The van der Waals surface area contributed by atoms with Crippen LogP contribution < -0.4 is 10.9 Å². The van der Waals surface area contributed by atoms with Gasteiger partial charge in [0.15, 0.2) is 0 Å². The SMILES string of the molecule is CCc1cc(=O)[nH]c(-c2ccc(NCC(C)CCCO)nc2)n1. The van der Waals surface area contributed by atoms with Crippen molar-refractivity contribution in [1.29, 1.82) is 0 Å². The molecule has 0 aliphatic heterocycles.